The van der Waals surface area contributed by atoms with Gasteiger partial charge < -0.3 is 10.3 Å². The van der Waals surface area contributed by atoms with E-state index in [4.69, 9.17) is 5.14 Å². The van der Waals surface area contributed by atoms with Crippen LogP contribution in [-0.2, 0) is 22.3 Å². The fourth-order valence-corrected chi connectivity index (χ4v) is 2.37. The first-order valence-corrected chi connectivity index (χ1v) is 7.48. The number of aromatic amines is 1. The molecule has 0 saturated heterocycles. The fourth-order valence-electron chi connectivity index (χ4n) is 1.71. The molecule has 1 heterocycles. The van der Waals surface area contributed by atoms with Crippen LogP contribution in [0.25, 0.3) is 0 Å². The molecule has 6 nitrogen and oxygen atoms in total. The summed E-state index contributed by atoms with van der Waals surface area (Å²) in [5.74, 6) is 0.729. The second-order valence-corrected chi connectivity index (χ2v) is 5.97. The van der Waals surface area contributed by atoms with Crippen molar-refractivity contribution in [3.63, 3.8) is 0 Å². The lowest BCUT2D eigenvalue weighted by atomic mass is 10.2. The van der Waals surface area contributed by atoms with Gasteiger partial charge in [-0.2, -0.15) is 0 Å². The summed E-state index contributed by atoms with van der Waals surface area (Å²) in [4.78, 5) is 7.23. The van der Waals surface area contributed by atoms with Crippen LogP contribution in [0, 0.1) is 6.92 Å². The molecule has 0 unspecified atom stereocenters. The quantitative estimate of drug-likeness (QED) is 0.764. The molecule has 7 heteroatoms. The van der Waals surface area contributed by atoms with Crippen LogP contribution in [0.4, 0.5) is 5.69 Å². The van der Waals surface area contributed by atoms with Gasteiger partial charge in [-0.05, 0) is 24.6 Å². The number of primary sulfonamides is 1. The van der Waals surface area contributed by atoms with E-state index in [2.05, 4.69) is 15.3 Å². The standard InChI is InChI=1S/C12H16N4O2S/c1-9-14-6-12(16-9)7-15-11-4-2-10(3-5-11)8-19(13,17)18/h2-6,15H,7-8H2,1H3,(H,14,16)(H2,13,17,18). The zero-order chi connectivity index (χ0) is 13.9. The molecule has 0 atom stereocenters. The number of hydrogen-bond donors (Lipinski definition) is 3. The summed E-state index contributed by atoms with van der Waals surface area (Å²) in [6, 6.07) is 7.13. The number of aryl methyl sites for hydroxylation is 1. The molecule has 0 radical (unpaired) electrons. The number of anilines is 1. The van der Waals surface area contributed by atoms with Gasteiger partial charge in [0, 0.05) is 5.69 Å². The lowest BCUT2D eigenvalue weighted by molar-refractivity contribution is 0.597. The normalized spacial score (nSPS) is 11.5. The first-order chi connectivity index (χ1) is 8.92. The maximum absolute atomic E-state index is 10.9. The number of aromatic nitrogens is 2. The highest BCUT2D eigenvalue weighted by molar-refractivity contribution is 7.88. The van der Waals surface area contributed by atoms with Crippen LogP contribution in [0.1, 0.15) is 17.1 Å². The lowest BCUT2D eigenvalue weighted by Gasteiger charge is -2.06. The lowest BCUT2D eigenvalue weighted by Crippen LogP contribution is -2.14. The van der Waals surface area contributed by atoms with E-state index in [0.717, 1.165) is 17.2 Å². The van der Waals surface area contributed by atoms with E-state index in [1.165, 1.54) is 0 Å². The largest absolute Gasteiger partial charge is 0.379 e. The number of hydrogen-bond acceptors (Lipinski definition) is 4. The third kappa shape index (κ3) is 4.38. The number of H-pyrrole nitrogens is 1. The number of nitrogens with one attached hydrogen (secondary N) is 2. The van der Waals surface area contributed by atoms with Crippen molar-refractivity contribution in [2.45, 2.75) is 19.2 Å². The predicted octanol–water partition coefficient (Wildman–Crippen LogP) is 1.12. The molecule has 2 rings (SSSR count). The van der Waals surface area contributed by atoms with Gasteiger partial charge in [-0.25, -0.2) is 18.5 Å². The molecule has 0 aliphatic rings. The fraction of sp³-hybridized carbons (Fsp3) is 0.250. The average Bonchev–Trinajstić information content (AvgIpc) is 2.72. The van der Waals surface area contributed by atoms with Crippen molar-refractivity contribution in [2.75, 3.05) is 5.32 Å². The van der Waals surface area contributed by atoms with Crippen LogP contribution in [0.15, 0.2) is 30.5 Å². The van der Waals surface area contributed by atoms with E-state index < -0.39 is 10.0 Å². The molecule has 0 saturated carbocycles. The Bertz CT molecular complexity index is 647. The summed E-state index contributed by atoms with van der Waals surface area (Å²) in [6.07, 6.45) is 1.78. The van der Waals surface area contributed by atoms with Crippen molar-refractivity contribution in [2.24, 2.45) is 5.14 Å². The summed E-state index contributed by atoms with van der Waals surface area (Å²) in [7, 11) is -3.48. The Kier molecular flexibility index (Phi) is 3.87. The summed E-state index contributed by atoms with van der Waals surface area (Å²) in [5, 5.41) is 8.20. The van der Waals surface area contributed by atoms with Gasteiger partial charge in [-0.15, -0.1) is 0 Å². The Morgan fingerprint density at radius 2 is 2.00 bits per heavy atom. The molecular formula is C12H16N4O2S. The van der Waals surface area contributed by atoms with Gasteiger partial charge in [0.05, 0.1) is 24.2 Å². The molecule has 0 aliphatic carbocycles. The molecular weight excluding hydrogens is 264 g/mol. The molecule has 0 aliphatic heterocycles. The Morgan fingerprint density at radius 1 is 1.32 bits per heavy atom. The highest BCUT2D eigenvalue weighted by atomic mass is 32.2. The zero-order valence-electron chi connectivity index (χ0n) is 10.6. The second kappa shape index (κ2) is 5.41. The highest BCUT2D eigenvalue weighted by Crippen LogP contribution is 2.12. The minimum absolute atomic E-state index is 0.146. The molecule has 1 aromatic carbocycles. The smallest absolute Gasteiger partial charge is 0.213 e. The zero-order valence-corrected chi connectivity index (χ0v) is 11.4. The SMILES string of the molecule is Cc1ncc(CNc2ccc(CS(N)(=O)=O)cc2)[nH]1. The average molecular weight is 280 g/mol. The van der Waals surface area contributed by atoms with E-state index >= 15 is 0 Å². The summed E-state index contributed by atoms with van der Waals surface area (Å²) >= 11 is 0. The predicted molar refractivity (Wildman–Crippen MR) is 73.9 cm³/mol. The monoisotopic (exact) mass is 280 g/mol. The molecule has 0 fully saturated rings. The third-order valence-electron chi connectivity index (χ3n) is 2.56. The van der Waals surface area contributed by atoms with Crippen molar-refractivity contribution in [1.29, 1.82) is 0 Å². The van der Waals surface area contributed by atoms with Crippen LogP contribution in [0.3, 0.4) is 0 Å². The van der Waals surface area contributed by atoms with Crippen LogP contribution >= 0.6 is 0 Å². The molecule has 1 aromatic heterocycles. The number of nitrogens with two attached hydrogens (primary N) is 1. The van der Waals surface area contributed by atoms with E-state index in [9.17, 15) is 8.42 Å². The molecule has 0 amide bonds. The highest BCUT2D eigenvalue weighted by Gasteiger charge is 2.04. The Morgan fingerprint density at radius 3 is 2.53 bits per heavy atom. The Hall–Kier alpha value is -1.86. The Balaban J connectivity index is 1.95. The van der Waals surface area contributed by atoms with Gasteiger partial charge in [0.15, 0.2) is 0 Å². The van der Waals surface area contributed by atoms with Gasteiger partial charge in [0.1, 0.15) is 5.82 Å². The first kappa shape index (κ1) is 13.6. The van der Waals surface area contributed by atoms with Crippen LogP contribution in [0.5, 0.6) is 0 Å². The van der Waals surface area contributed by atoms with Gasteiger partial charge in [0.2, 0.25) is 10.0 Å². The van der Waals surface area contributed by atoms with Gasteiger partial charge in [0.25, 0.3) is 0 Å². The molecule has 19 heavy (non-hydrogen) atoms. The minimum atomic E-state index is -3.48. The van der Waals surface area contributed by atoms with Gasteiger partial charge >= 0.3 is 0 Å². The summed E-state index contributed by atoms with van der Waals surface area (Å²) in [6.45, 7) is 2.53. The van der Waals surface area contributed by atoms with E-state index in [-0.39, 0.29) is 5.75 Å². The molecule has 0 spiro atoms. The van der Waals surface area contributed by atoms with Gasteiger partial charge in [-0.3, -0.25) is 0 Å². The summed E-state index contributed by atoms with van der Waals surface area (Å²) in [5.41, 5.74) is 2.57. The number of rotatable bonds is 5. The van der Waals surface area contributed by atoms with Crippen molar-refractivity contribution < 1.29 is 8.42 Å². The van der Waals surface area contributed by atoms with Gasteiger partial charge in [-0.1, -0.05) is 12.1 Å². The number of benzene rings is 1. The van der Waals surface area contributed by atoms with Crippen molar-refractivity contribution in [3.8, 4) is 0 Å². The van der Waals surface area contributed by atoms with E-state index in [0.29, 0.717) is 12.1 Å². The maximum Gasteiger partial charge on any atom is 0.213 e. The maximum atomic E-state index is 10.9. The van der Waals surface area contributed by atoms with Crippen molar-refractivity contribution in [1.82, 2.24) is 9.97 Å². The second-order valence-electron chi connectivity index (χ2n) is 4.35. The minimum Gasteiger partial charge on any atom is -0.379 e. The molecule has 102 valence electrons. The number of sulfonamides is 1. The number of nitrogens with zero attached hydrogens (tertiary/aromatic N) is 1. The van der Waals surface area contributed by atoms with Crippen molar-refractivity contribution >= 4 is 15.7 Å². The topological polar surface area (TPSA) is 101 Å². The molecule has 0 bridgehead atoms. The van der Waals surface area contributed by atoms with Crippen LogP contribution in [0.2, 0.25) is 0 Å². The van der Waals surface area contributed by atoms with Crippen molar-refractivity contribution in [3.05, 3.63) is 47.5 Å². The van der Waals surface area contributed by atoms with Crippen LogP contribution in [-0.4, -0.2) is 18.4 Å². The Labute approximate surface area is 112 Å². The van der Waals surface area contributed by atoms with E-state index in [1.54, 1.807) is 18.3 Å². The van der Waals surface area contributed by atoms with E-state index in [1.807, 2.05) is 19.1 Å². The summed E-state index contributed by atoms with van der Waals surface area (Å²) < 4.78 is 21.9. The molecule has 4 N–H and O–H groups in total. The van der Waals surface area contributed by atoms with Crippen LogP contribution < -0.4 is 10.5 Å². The number of imidazole rings is 1. The third-order valence-corrected chi connectivity index (χ3v) is 3.30. The molecule has 2 aromatic rings. The first-order valence-electron chi connectivity index (χ1n) is 5.76.